The van der Waals surface area contributed by atoms with Crippen LogP contribution in [0.1, 0.15) is 5.76 Å². The summed E-state index contributed by atoms with van der Waals surface area (Å²) in [6.45, 7) is 0.947. The fourth-order valence-electron chi connectivity index (χ4n) is 0.992. The summed E-state index contributed by atoms with van der Waals surface area (Å²) in [5, 5.41) is 1.10. The molecule has 0 aromatic carbocycles. The Morgan fingerprint density at radius 2 is 2.50 bits per heavy atom. The SMILES string of the molecule is C(=C\c1ccco1)/C1=NCCS1. The van der Waals surface area contributed by atoms with Crippen molar-refractivity contribution < 1.29 is 4.42 Å². The van der Waals surface area contributed by atoms with Gasteiger partial charge in [0.15, 0.2) is 0 Å². The van der Waals surface area contributed by atoms with Gasteiger partial charge in [0.2, 0.25) is 0 Å². The highest BCUT2D eigenvalue weighted by Gasteiger charge is 2.02. The minimum absolute atomic E-state index is 0.880. The Morgan fingerprint density at radius 3 is 3.17 bits per heavy atom. The first-order valence-electron chi connectivity index (χ1n) is 3.84. The molecule has 2 nitrogen and oxygen atoms in total. The van der Waals surface area contributed by atoms with Crippen molar-refractivity contribution in [2.24, 2.45) is 4.99 Å². The Kier molecular flexibility index (Phi) is 2.32. The van der Waals surface area contributed by atoms with E-state index in [0.717, 1.165) is 23.1 Å². The van der Waals surface area contributed by atoms with Crippen LogP contribution in [-0.2, 0) is 0 Å². The summed E-state index contributed by atoms with van der Waals surface area (Å²) < 4.78 is 5.14. The van der Waals surface area contributed by atoms with Gasteiger partial charge in [0, 0.05) is 12.3 Å². The summed E-state index contributed by atoms with van der Waals surface area (Å²) in [6.07, 6.45) is 5.61. The Hall–Kier alpha value is -0.960. The standard InChI is InChI=1S/C9H9NOS/c1-2-8(11-6-1)3-4-9-10-5-7-12-9/h1-4,6H,5,7H2/b4-3+. The Morgan fingerprint density at radius 1 is 1.50 bits per heavy atom. The number of aliphatic imine (C=N–C) groups is 1. The molecule has 3 heteroatoms. The quantitative estimate of drug-likeness (QED) is 0.696. The van der Waals surface area contributed by atoms with Crippen molar-refractivity contribution >= 4 is 22.9 Å². The zero-order chi connectivity index (χ0) is 8.23. The van der Waals surface area contributed by atoms with Crippen LogP contribution in [0.25, 0.3) is 6.08 Å². The molecule has 0 atom stereocenters. The molecule has 0 unspecified atom stereocenters. The first kappa shape index (κ1) is 7.68. The van der Waals surface area contributed by atoms with Crippen LogP contribution in [0.15, 0.2) is 33.9 Å². The van der Waals surface area contributed by atoms with Crippen molar-refractivity contribution in [2.45, 2.75) is 0 Å². The molecule has 0 saturated heterocycles. The lowest BCUT2D eigenvalue weighted by Crippen LogP contribution is -1.77. The second-order valence-electron chi connectivity index (χ2n) is 2.42. The van der Waals surface area contributed by atoms with Crippen molar-refractivity contribution in [3.05, 3.63) is 30.2 Å². The van der Waals surface area contributed by atoms with E-state index in [1.807, 2.05) is 24.3 Å². The number of hydrogen-bond donors (Lipinski definition) is 0. The zero-order valence-corrected chi connectivity index (χ0v) is 7.38. The molecule has 0 fully saturated rings. The summed E-state index contributed by atoms with van der Waals surface area (Å²) >= 11 is 1.79. The molecule has 0 aliphatic carbocycles. The number of rotatable bonds is 2. The average molecular weight is 179 g/mol. The number of furan rings is 1. The van der Waals surface area contributed by atoms with E-state index in [0.29, 0.717) is 0 Å². The highest BCUT2D eigenvalue weighted by molar-refractivity contribution is 8.14. The summed E-state index contributed by atoms with van der Waals surface area (Å²) in [5.74, 6) is 1.99. The first-order valence-corrected chi connectivity index (χ1v) is 4.82. The van der Waals surface area contributed by atoms with Crippen LogP contribution < -0.4 is 0 Å². The summed E-state index contributed by atoms with van der Waals surface area (Å²) in [5.41, 5.74) is 0. The fourth-order valence-corrected chi connectivity index (χ4v) is 1.73. The molecule has 0 radical (unpaired) electrons. The third-order valence-corrected chi connectivity index (χ3v) is 2.49. The third kappa shape index (κ3) is 1.80. The molecule has 62 valence electrons. The molecule has 1 aliphatic heterocycles. The van der Waals surface area contributed by atoms with Crippen LogP contribution >= 0.6 is 11.8 Å². The Labute approximate surface area is 75.4 Å². The molecule has 0 bridgehead atoms. The smallest absolute Gasteiger partial charge is 0.126 e. The van der Waals surface area contributed by atoms with Crippen LogP contribution in [0.5, 0.6) is 0 Å². The summed E-state index contributed by atoms with van der Waals surface area (Å²) in [6, 6.07) is 3.81. The van der Waals surface area contributed by atoms with Gasteiger partial charge in [0.25, 0.3) is 0 Å². The topological polar surface area (TPSA) is 25.5 Å². The van der Waals surface area contributed by atoms with Gasteiger partial charge >= 0.3 is 0 Å². The van der Waals surface area contributed by atoms with Crippen LogP contribution in [0.4, 0.5) is 0 Å². The van der Waals surface area contributed by atoms with Crippen LogP contribution in [0.3, 0.4) is 0 Å². The van der Waals surface area contributed by atoms with E-state index < -0.39 is 0 Å². The Balaban J connectivity index is 2.02. The highest BCUT2D eigenvalue weighted by atomic mass is 32.2. The molecule has 0 amide bonds. The average Bonchev–Trinajstić information content (AvgIpc) is 2.74. The van der Waals surface area contributed by atoms with Gasteiger partial charge in [0.05, 0.1) is 11.3 Å². The molecular weight excluding hydrogens is 170 g/mol. The van der Waals surface area contributed by atoms with Crippen molar-refractivity contribution in [1.82, 2.24) is 0 Å². The van der Waals surface area contributed by atoms with Crippen molar-refractivity contribution in [3.8, 4) is 0 Å². The second kappa shape index (κ2) is 3.63. The highest BCUT2D eigenvalue weighted by Crippen LogP contribution is 2.13. The van der Waals surface area contributed by atoms with E-state index in [2.05, 4.69) is 4.99 Å². The molecule has 2 rings (SSSR count). The normalized spacial score (nSPS) is 17.2. The van der Waals surface area contributed by atoms with E-state index in [1.165, 1.54) is 0 Å². The van der Waals surface area contributed by atoms with Gasteiger partial charge in [-0.2, -0.15) is 0 Å². The maximum Gasteiger partial charge on any atom is 0.126 e. The van der Waals surface area contributed by atoms with E-state index in [9.17, 15) is 0 Å². The molecule has 1 aromatic rings. The number of thioether (sulfide) groups is 1. The molecule has 1 aliphatic rings. The lowest BCUT2D eigenvalue weighted by atomic mass is 10.4. The molecule has 0 saturated carbocycles. The largest absolute Gasteiger partial charge is 0.465 e. The zero-order valence-electron chi connectivity index (χ0n) is 6.56. The fraction of sp³-hybridized carbons (Fsp3) is 0.222. The van der Waals surface area contributed by atoms with Gasteiger partial charge in [-0.15, -0.1) is 11.8 Å². The first-order chi connectivity index (χ1) is 5.95. The van der Waals surface area contributed by atoms with E-state index in [4.69, 9.17) is 4.42 Å². The summed E-state index contributed by atoms with van der Waals surface area (Å²) in [4.78, 5) is 4.29. The van der Waals surface area contributed by atoms with Crippen LogP contribution in [-0.4, -0.2) is 17.3 Å². The van der Waals surface area contributed by atoms with Crippen molar-refractivity contribution in [2.75, 3.05) is 12.3 Å². The maximum absolute atomic E-state index is 5.14. The predicted molar refractivity (Wildman–Crippen MR) is 52.5 cm³/mol. The molecular formula is C9H9NOS. The van der Waals surface area contributed by atoms with E-state index in [-0.39, 0.29) is 0 Å². The van der Waals surface area contributed by atoms with Gasteiger partial charge < -0.3 is 4.42 Å². The molecule has 2 heterocycles. The van der Waals surface area contributed by atoms with Crippen molar-refractivity contribution in [1.29, 1.82) is 0 Å². The van der Waals surface area contributed by atoms with Crippen LogP contribution in [0, 0.1) is 0 Å². The number of nitrogens with zero attached hydrogens (tertiary/aromatic N) is 1. The van der Waals surface area contributed by atoms with E-state index >= 15 is 0 Å². The van der Waals surface area contributed by atoms with Gasteiger partial charge in [-0.1, -0.05) is 0 Å². The maximum atomic E-state index is 5.14. The lowest BCUT2D eigenvalue weighted by Gasteiger charge is -1.86. The number of hydrogen-bond acceptors (Lipinski definition) is 3. The summed E-state index contributed by atoms with van der Waals surface area (Å²) in [7, 11) is 0. The molecule has 0 spiro atoms. The lowest BCUT2D eigenvalue weighted by molar-refractivity contribution is 0.557. The van der Waals surface area contributed by atoms with Gasteiger partial charge in [-0.25, -0.2) is 0 Å². The molecule has 12 heavy (non-hydrogen) atoms. The molecule has 1 aromatic heterocycles. The Bertz CT molecular complexity index is 300. The van der Waals surface area contributed by atoms with Crippen LogP contribution in [0.2, 0.25) is 0 Å². The van der Waals surface area contributed by atoms with E-state index in [1.54, 1.807) is 18.0 Å². The van der Waals surface area contributed by atoms with Gasteiger partial charge in [-0.3, -0.25) is 4.99 Å². The minimum atomic E-state index is 0.880. The second-order valence-corrected chi connectivity index (χ2v) is 3.53. The van der Waals surface area contributed by atoms with Gasteiger partial charge in [-0.05, 0) is 24.3 Å². The van der Waals surface area contributed by atoms with Crippen molar-refractivity contribution in [3.63, 3.8) is 0 Å². The van der Waals surface area contributed by atoms with Gasteiger partial charge in [0.1, 0.15) is 5.76 Å². The minimum Gasteiger partial charge on any atom is -0.465 e. The predicted octanol–water partition coefficient (Wildman–Crippen LogP) is 2.44. The molecule has 0 N–H and O–H groups in total. The monoisotopic (exact) mass is 179 g/mol. The third-order valence-electron chi connectivity index (χ3n) is 1.54.